The lowest BCUT2D eigenvalue weighted by Gasteiger charge is -2.58. The van der Waals surface area contributed by atoms with E-state index in [-0.39, 0.29) is 6.10 Å². The quantitative estimate of drug-likeness (QED) is 0.454. The number of rotatable bonds is 4. The molecule has 0 amide bonds. The molecule has 1 nitrogen and oxygen atoms in total. The molecule has 0 radical (unpaired) electrons. The van der Waals surface area contributed by atoms with Crippen LogP contribution in [0.25, 0.3) is 0 Å². The van der Waals surface area contributed by atoms with Crippen molar-refractivity contribution in [1.29, 1.82) is 0 Å². The summed E-state index contributed by atoms with van der Waals surface area (Å²) in [6, 6.07) is 0. The largest absolute Gasteiger partial charge is 0.393 e. The Morgan fingerprint density at radius 1 is 0.968 bits per heavy atom. The fourth-order valence-corrected chi connectivity index (χ4v) is 11.0. The topological polar surface area (TPSA) is 20.2 Å². The lowest BCUT2D eigenvalue weighted by molar-refractivity contribution is -0.0577. The summed E-state index contributed by atoms with van der Waals surface area (Å²) in [7, 11) is 0. The maximum Gasteiger partial charge on any atom is 0.0577 e. The van der Waals surface area contributed by atoms with Crippen molar-refractivity contribution in [2.45, 2.75) is 123 Å². The van der Waals surface area contributed by atoms with Gasteiger partial charge in [-0.25, -0.2) is 0 Å². The Bertz CT molecular complexity index is 729. The molecule has 1 heteroatoms. The van der Waals surface area contributed by atoms with Crippen LogP contribution >= 0.6 is 0 Å². The van der Waals surface area contributed by atoms with Crippen LogP contribution in [0.2, 0.25) is 0 Å². The zero-order valence-corrected chi connectivity index (χ0v) is 20.7. The number of aliphatic hydroxyl groups excluding tert-OH is 1. The van der Waals surface area contributed by atoms with E-state index >= 15 is 0 Å². The molecule has 0 aromatic heterocycles. The lowest BCUT2D eigenvalue weighted by Crippen LogP contribution is -2.50. The minimum Gasteiger partial charge on any atom is -0.393 e. The fourth-order valence-electron chi connectivity index (χ4n) is 11.0. The van der Waals surface area contributed by atoms with E-state index in [9.17, 15) is 5.11 Å². The van der Waals surface area contributed by atoms with Crippen molar-refractivity contribution in [1.82, 2.24) is 0 Å². The highest BCUT2D eigenvalue weighted by atomic mass is 16.3. The molecule has 0 aromatic carbocycles. The molecule has 31 heavy (non-hydrogen) atoms. The molecular formula is C30H48O. The van der Waals surface area contributed by atoms with Crippen molar-refractivity contribution in [2.75, 3.05) is 0 Å². The molecule has 5 saturated carbocycles. The lowest BCUT2D eigenvalue weighted by atomic mass is 9.47. The van der Waals surface area contributed by atoms with E-state index in [2.05, 4.69) is 26.8 Å². The molecule has 0 heterocycles. The first kappa shape index (κ1) is 21.2. The molecule has 1 N–H and O–H groups in total. The van der Waals surface area contributed by atoms with Crippen molar-refractivity contribution < 1.29 is 5.11 Å². The summed E-state index contributed by atoms with van der Waals surface area (Å²) in [4.78, 5) is 0. The summed E-state index contributed by atoms with van der Waals surface area (Å²) in [5.74, 6) is 5.77. The van der Waals surface area contributed by atoms with Gasteiger partial charge < -0.3 is 5.11 Å². The van der Waals surface area contributed by atoms with E-state index in [1.807, 2.05) is 0 Å². The van der Waals surface area contributed by atoms with Gasteiger partial charge in [-0.1, -0.05) is 32.4 Å². The minimum absolute atomic E-state index is 0.0732. The number of hydrogen-bond donors (Lipinski definition) is 1. The van der Waals surface area contributed by atoms with Gasteiger partial charge in [0.05, 0.1) is 6.10 Å². The Hall–Kier alpha value is -0.300. The van der Waals surface area contributed by atoms with Crippen LogP contribution in [0.15, 0.2) is 11.6 Å². The van der Waals surface area contributed by atoms with Crippen molar-refractivity contribution in [2.24, 2.45) is 51.8 Å². The Kier molecular flexibility index (Phi) is 5.04. The van der Waals surface area contributed by atoms with Crippen molar-refractivity contribution in [3.63, 3.8) is 0 Å². The first-order chi connectivity index (χ1) is 14.8. The third-order valence-corrected chi connectivity index (χ3v) is 12.9. The molecule has 0 spiro atoms. The van der Waals surface area contributed by atoms with E-state index in [1.165, 1.54) is 44.9 Å². The second-order valence-electron chi connectivity index (χ2n) is 14.0. The average molecular weight is 425 g/mol. The minimum atomic E-state index is -0.0732. The Morgan fingerprint density at radius 3 is 2.52 bits per heavy atom. The molecule has 6 aliphatic rings. The molecular weight excluding hydrogens is 376 g/mol. The third-order valence-electron chi connectivity index (χ3n) is 12.9. The van der Waals surface area contributed by atoms with Crippen LogP contribution in [0.3, 0.4) is 0 Å². The van der Waals surface area contributed by atoms with Gasteiger partial charge in [0.1, 0.15) is 0 Å². The highest BCUT2D eigenvalue weighted by molar-refractivity contribution is 5.25. The smallest absolute Gasteiger partial charge is 0.0577 e. The van der Waals surface area contributed by atoms with Crippen LogP contribution in [-0.4, -0.2) is 11.2 Å². The Morgan fingerprint density at radius 2 is 1.77 bits per heavy atom. The molecule has 5 fully saturated rings. The van der Waals surface area contributed by atoms with Crippen LogP contribution in [0.1, 0.15) is 117 Å². The predicted octanol–water partition coefficient (Wildman–Crippen LogP) is 7.92. The molecule has 2 bridgehead atoms. The molecule has 6 aliphatic carbocycles. The van der Waals surface area contributed by atoms with Crippen LogP contribution in [0.5, 0.6) is 0 Å². The summed E-state index contributed by atoms with van der Waals surface area (Å²) < 4.78 is 0. The summed E-state index contributed by atoms with van der Waals surface area (Å²) in [5, 5.41) is 10.3. The van der Waals surface area contributed by atoms with Gasteiger partial charge in [0.25, 0.3) is 0 Å². The molecule has 0 saturated heterocycles. The Balaban J connectivity index is 1.17. The summed E-state index contributed by atoms with van der Waals surface area (Å²) >= 11 is 0. The average Bonchev–Trinajstić information content (AvgIpc) is 3.45. The van der Waals surface area contributed by atoms with E-state index in [1.54, 1.807) is 44.1 Å². The van der Waals surface area contributed by atoms with Gasteiger partial charge in [-0.2, -0.15) is 0 Å². The van der Waals surface area contributed by atoms with Gasteiger partial charge in [0.15, 0.2) is 0 Å². The van der Waals surface area contributed by atoms with E-state index in [4.69, 9.17) is 0 Å². The fraction of sp³-hybridized carbons (Fsp3) is 0.933. The number of aliphatic hydroxyl groups is 1. The zero-order valence-electron chi connectivity index (χ0n) is 20.7. The van der Waals surface area contributed by atoms with E-state index < -0.39 is 0 Å². The summed E-state index contributed by atoms with van der Waals surface area (Å²) in [5.41, 5.74) is 3.40. The monoisotopic (exact) mass is 424 g/mol. The van der Waals surface area contributed by atoms with Gasteiger partial charge in [-0.15, -0.1) is 0 Å². The first-order valence-electron chi connectivity index (χ1n) is 14.2. The number of hydrogen-bond acceptors (Lipinski definition) is 1. The Labute approximate surface area is 191 Å². The maximum atomic E-state index is 10.3. The normalized spacial score (nSPS) is 54.1. The van der Waals surface area contributed by atoms with Crippen molar-refractivity contribution in [3.8, 4) is 0 Å². The number of fused-ring (bicyclic) bond motifs is 7. The second kappa shape index (κ2) is 7.35. The van der Waals surface area contributed by atoms with E-state index in [0.717, 1.165) is 53.8 Å². The van der Waals surface area contributed by atoms with Crippen LogP contribution in [0, 0.1) is 51.8 Å². The van der Waals surface area contributed by atoms with Crippen molar-refractivity contribution in [3.05, 3.63) is 11.6 Å². The standard InChI is InChI=1S/C30H48O/c1-20(8-15-30-16-9-21(19-30)10-17-30)25-6-7-26-24-5-4-22-18-23(31)11-13-28(22,2)27(24)12-14-29(25,26)3/h4,20-21,23-27,31H,5-19H2,1-3H3/t20-,21?,23+,24+,25-,26+,27+,28+,29-,30?/m1/s1. The van der Waals surface area contributed by atoms with Gasteiger partial charge in [-0.3, -0.25) is 0 Å². The van der Waals surface area contributed by atoms with Gasteiger partial charge >= 0.3 is 0 Å². The summed E-state index contributed by atoms with van der Waals surface area (Å²) in [6.45, 7) is 7.95. The molecule has 8 atom stereocenters. The first-order valence-corrected chi connectivity index (χ1v) is 14.2. The van der Waals surface area contributed by atoms with Gasteiger partial charge in [-0.05, 0) is 148 Å². The van der Waals surface area contributed by atoms with E-state index in [0.29, 0.717) is 10.8 Å². The van der Waals surface area contributed by atoms with Gasteiger partial charge in [0.2, 0.25) is 0 Å². The van der Waals surface area contributed by atoms with Crippen molar-refractivity contribution >= 4 is 0 Å². The predicted molar refractivity (Wildman–Crippen MR) is 129 cm³/mol. The number of allylic oxidation sites excluding steroid dienone is 1. The molecule has 0 aliphatic heterocycles. The SMILES string of the molecule is C[C@H](CCC12CCC(CC1)C2)[C@H]1CC[C@H]2[C@@H]3CC=C4C[C@@H](O)CC[C@]4(C)[C@H]3CC[C@]12C. The molecule has 6 rings (SSSR count). The maximum absolute atomic E-state index is 10.3. The molecule has 174 valence electrons. The highest BCUT2D eigenvalue weighted by Gasteiger charge is 2.59. The van der Waals surface area contributed by atoms with Gasteiger partial charge in [0, 0.05) is 0 Å². The zero-order chi connectivity index (χ0) is 21.4. The molecule has 0 aromatic rings. The van der Waals surface area contributed by atoms with Crippen LogP contribution in [0.4, 0.5) is 0 Å². The summed E-state index contributed by atoms with van der Waals surface area (Å²) in [6.07, 6.45) is 23.9. The third kappa shape index (κ3) is 3.18. The van der Waals surface area contributed by atoms with Crippen LogP contribution in [-0.2, 0) is 0 Å². The van der Waals surface area contributed by atoms with Crippen LogP contribution < -0.4 is 0 Å². The molecule has 0 unspecified atom stereocenters. The second-order valence-corrected chi connectivity index (χ2v) is 14.0. The highest BCUT2D eigenvalue weighted by Crippen LogP contribution is 2.67.